The Hall–Kier alpha value is -0.860. The Kier molecular flexibility index (Phi) is 7.96. The third-order valence-electron chi connectivity index (χ3n) is 5.59. The first-order valence-electron chi connectivity index (χ1n) is 9.39. The van der Waals surface area contributed by atoms with Crippen LogP contribution in [0.3, 0.4) is 0 Å². The molecule has 0 aromatic carbocycles. The van der Waals surface area contributed by atoms with Crippen molar-refractivity contribution in [3.05, 3.63) is 0 Å². The average Bonchev–Trinajstić information content (AvgIpc) is 2.50. The van der Waals surface area contributed by atoms with Gasteiger partial charge in [0.15, 0.2) is 5.96 Å². The van der Waals surface area contributed by atoms with Gasteiger partial charge in [-0.15, -0.1) is 0 Å². The van der Waals surface area contributed by atoms with E-state index in [1.807, 2.05) is 0 Å². The van der Waals surface area contributed by atoms with Crippen molar-refractivity contribution < 1.29 is 13.2 Å². The number of hydrogen-bond donors (Lipinski definition) is 3. The molecule has 0 aliphatic heterocycles. The number of rotatable bonds is 11. The molecule has 0 bridgehead atoms. The quantitative estimate of drug-likeness (QED) is 0.372. The summed E-state index contributed by atoms with van der Waals surface area (Å²) >= 11 is 0. The van der Waals surface area contributed by atoms with Gasteiger partial charge in [-0.2, -0.15) is 0 Å². The fourth-order valence-electron chi connectivity index (χ4n) is 3.32. The van der Waals surface area contributed by atoms with Crippen molar-refractivity contribution in [2.24, 2.45) is 16.3 Å². The summed E-state index contributed by atoms with van der Waals surface area (Å²) in [5, 5.41) is 6.45. The molecule has 0 radical (unpaired) electrons. The van der Waals surface area contributed by atoms with Gasteiger partial charge in [0.2, 0.25) is 10.0 Å². The van der Waals surface area contributed by atoms with Crippen molar-refractivity contribution >= 4 is 16.0 Å². The Balaban J connectivity index is 1.65. The number of nitrogens with one attached hydrogen (secondary N) is 3. The minimum absolute atomic E-state index is 0.0647. The molecule has 2 aliphatic rings. The highest BCUT2D eigenvalue weighted by molar-refractivity contribution is 7.89. The van der Waals surface area contributed by atoms with E-state index in [4.69, 9.17) is 4.74 Å². The minimum Gasteiger partial charge on any atom is -0.385 e. The molecular weight excluding hydrogens is 340 g/mol. The maximum Gasteiger partial charge on any atom is 0.213 e. The summed E-state index contributed by atoms with van der Waals surface area (Å²) in [6, 6.07) is 0. The molecule has 2 aliphatic carbocycles. The normalized spacial score (nSPS) is 20.6. The van der Waals surface area contributed by atoms with Crippen LogP contribution in [0.2, 0.25) is 0 Å². The van der Waals surface area contributed by atoms with Crippen molar-refractivity contribution in [2.75, 3.05) is 46.2 Å². The molecule has 8 heteroatoms. The lowest BCUT2D eigenvalue weighted by molar-refractivity contribution is 0.0733. The zero-order chi connectivity index (χ0) is 18.2. The van der Waals surface area contributed by atoms with Gasteiger partial charge in [0, 0.05) is 40.4 Å². The molecule has 7 nitrogen and oxygen atoms in total. The third-order valence-corrected chi connectivity index (χ3v) is 6.93. The van der Waals surface area contributed by atoms with Gasteiger partial charge >= 0.3 is 0 Å². The summed E-state index contributed by atoms with van der Waals surface area (Å²) in [6.07, 6.45) is 8.24. The molecule has 146 valence electrons. The van der Waals surface area contributed by atoms with E-state index in [2.05, 4.69) is 20.3 Å². The third kappa shape index (κ3) is 6.75. The summed E-state index contributed by atoms with van der Waals surface area (Å²) < 4.78 is 31.9. The van der Waals surface area contributed by atoms with Crippen molar-refractivity contribution in [3.63, 3.8) is 0 Å². The van der Waals surface area contributed by atoms with E-state index in [9.17, 15) is 8.42 Å². The molecule has 0 atom stereocenters. The van der Waals surface area contributed by atoms with Gasteiger partial charge in [0.05, 0.1) is 5.75 Å². The molecular formula is C17H34N4O3S. The molecule has 0 amide bonds. The van der Waals surface area contributed by atoms with Crippen LogP contribution in [0, 0.1) is 11.3 Å². The fourth-order valence-corrected chi connectivity index (χ4v) is 4.32. The summed E-state index contributed by atoms with van der Waals surface area (Å²) in [5.41, 5.74) is 0.296. The lowest BCUT2D eigenvalue weighted by Crippen LogP contribution is -2.48. The van der Waals surface area contributed by atoms with E-state index in [-0.39, 0.29) is 5.75 Å². The molecule has 0 spiro atoms. The van der Waals surface area contributed by atoms with Gasteiger partial charge < -0.3 is 15.4 Å². The second-order valence-corrected chi connectivity index (χ2v) is 9.34. The Labute approximate surface area is 152 Å². The number of methoxy groups -OCH3 is 1. The van der Waals surface area contributed by atoms with Crippen LogP contribution >= 0.6 is 0 Å². The highest BCUT2D eigenvalue weighted by Gasteiger charge is 2.36. The zero-order valence-corrected chi connectivity index (χ0v) is 16.5. The van der Waals surface area contributed by atoms with Crippen LogP contribution in [0.1, 0.15) is 44.9 Å². The Morgan fingerprint density at radius 1 is 1.24 bits per heavy atom. The van der Waals surface area contributed by atoms with E-state index in [0.717, 1.165) is 32.4 Å². The van der Waals surface area contributed by atoms with Gasteiger partial charge in [-0.05, 0) is 43.4 Å². The van der Waals surface area contributed by atoms with Crippen LogP contribution in [-0.2, 0) is 14.8 Å². The first-order valence-corrected chi connectivity index (χ1v) is 11.0. The largest absolute Gasteiger partial charge is 0.385 e. The molecule has 0 heterocycles. The smallest absolute Gasteiger partial charge is 0.213 e. The molecule has 2 rings (SSSR count). The van der Waals surface area contributed by atoms with E-state index in [0.29, 0.717) is 30.4 Å². The second kappa shape index (κ2) is 9.73. The van der Waals surface area contributed by atoms with Crippen molar-refractivity contribution in [3.8, 4) is 0 Å². The molecule has 0 aromatic rings. The molecule has 25 heavy (non-hydrogen) atoms. The highest BCUT2D eigenvalue weighted by atomic mass is 32.2. The van der Waals surface area contributed by atoms with Crippen molar-refractivity contribution in [2.45, 2.75) is 44.9 Å². The molecule has 0 saturated heterocycles. The van der Waals surface area contributed by atoms with Crippen LogP contribution in [0.15, 0.2) is 4.99 Å². The minimum atomic E-state index is -3.22. The maximum absolute atomic E-state index is 12.0. The van der Waals surface area contributed by atoms with Crippen molar-refractivity contribution in [1.82, 2.24) is 15.4 Å². The number of sulfonamides is 1. The van der Waals surface area contributed by atoms with Gasteiger partial charge in [0.1, 0.15) is 0 Å². The molecule has 2 fully saturated rings. The first-order chi connectivity index (χ1) is 12.0. The van der Waals surface area contributed by atoms with Crippen LogP contribution < -0.4 is 15.4 Å². The van der Waals surface area contributed by atoms with Crippen molar-refractivity contribution in [1.29, 1.82) is 0 Å². The maximum atomic E-state index is 12.0. The predicted octanol–water partition coefficient (Wildman–Crippen LogP) is 1.08. The molecule has 0 unspecified atom stereocenters. The SMILES string of the molecule is CN=C(NCCS(=O)(=O)NCC1CCC1)NCC1(CCOC)CCC1. The van der Waals surface area contributed by atoms with E-state index < -0.39 is 10.0 Å². The number of hydrogen-bond acceptors (Lipinski definition) is 4. The fraction of sp³-hybridized carbons (Fsp3) is 0.941. The van der Waals surface area contributed by atoms with Gasteiger partial charge in [-0.1, -0.05) is 12.8 Å². The van der Waals surface area contributed by atoms with Crippen LogP contribution in [0.5, 0.6) is 0 Å². The molecule has 0 aromatic heterocycles. The van der Waals surface area contributed by atoms with Gasteiger partial charge in [0.25, 0.3) is 0 Å². The zero-order valence-electron chi connectivity index (χ0n) is 15.6. The Bertz CT molecular complexity index is 528. The standard InChI is InChI=1S/C17H34N4O3S/c1-18-16(20-14-17(7-4-8-17)9-11-24-2)19-10-12-25(22,23)21-13-15-5-3-6-15/h15,21H,3-14H2,1-2H3,(H2,18,19,20). The second-order valence-electron chi connectivity index (χ2n) is 7.41. The van der Waals surface area contributed by atoms with Gasteiger partial charge in [-0.3, -0.25) is 4.99 Å². The van der Waals surface area contributed by atoms with E-state index >= 15 is 0 Å². The lowest BCUT2D eigenvalue weighted by atomic mass is 9.67. The lowest BCUT2D eigenvalue weighted by Gasteiger charge is -2.42. The topological polar surface area (TPSA) is 91.8 Å². The Morgan fingerprint density at radius 3 is 2.52 bits per heavy atom. The number of ether oxygens (including phenoxy) is 1. The van der Waals surface area contributed by atoms with Crippen LogP contribution in [-0.4, -0.2) is 60.5 Å². The van der Waals surface area contributed by atoms with E-state index in [1.54, 1.807) is 14.2 Å². The average molecular weight is 375 g/mol. The number of aliphatic imine (C=N–C) groups is 1. The summed E-state index contributed by atoms with van der Waals surface area (Å²) in [5.74, 6) is 1.26. The number of guanidine groups is 1. The van der Waals surface area contributed by atoms with Crippen LogP contribution in [0.25, 0.3) is 0 Å². The Morgan fingerprint density at radius 2 is 2.00 bits per heavy atom. The monoisotopic (exact) mass is 374 g/mol. The van der Waals surface area contributed by atoms with E-state index in [1.165, 1.54) is 25.7 Å². The molecule has 3 N–H and O–H groups in total. The van der Waals surface area contributed by atoms with Gasteiger partial charge in [-0.25, -0.2) is 13.1 Å². The number of nitrogens with zero attached hydrogens (tertiary/aromatic N) is 1. The predicted molar refractivity (Wildman–Crippen MR) is 101 cm³/mol. The summed E-state index contributed by atoms with van der Waals surface area (Å²) in [6.45, 7) is 2.56. The molecule has 2 saturated carbocycles. The summed E-state index contributed by atoms with van der Waals surface area (Å²) in [7, 11) is 0.228. The first kappa shape index (κ1) is 20.5. The van der Waals surface area contributed by atoms with Crippen LogP contribution in [0.4, 0.5) is 0 Å². The summed E-state index contributed by atoms with van der Waals surface area (Å²) in [4.78, 5) is 4.19. The highest BCUT2D eigenvalue weighted by Crippen LogP contribution is 2.43.